The summed E-state index contributed by atoms with van der Waals surface area (Å²) in [7, 11) is 1.99. The highest BCUT2D eigenvalue weighted by Gasteiger charge is 2.32. The normalized spacial score (nSPS) is 18.5. The minimum Gasteiger partial charge on any atom is -0.389 e. The van der Waals surface area contributed by atoms with Crippen LogP contribution in [0, 0.1) is 0 Å². The number of aliphatic hydroxyl groups is 1. The van der Waals surface area contributed by atoms with Gasteiger partial charge in [-0.05, 0) is 26.0 Å². The SMILES string of the molecule is CN(Cc1cnc(Cl)cc1Cl)CC1(O)CCCC1. The van der Waals surface area contributed by atoms with Crippen LogP contribution in [-0.4, -0.2) is 34.2 Å². The zero-order valence-corrected chi connectivity index (χ0v) is 12.0. The third-order valence-electron chi connectivity index (χ3n) is 3.44. The Kier molecular flexibility index (Phi) is 4.49. The highest BCUT2D eigenvalue weighted by Crippen LogP contribution is 2.30. The number of pyridine rings is 1. The monoisotopic (exact) mass is 288 g/mol. The van der Waals surface area contributed by atoms with E-state index < -0.39 is 5.60 Å². The van der Waals surface area contributed by atoms with Crippen LogP contribution < -0.4 is 0 Å². The van der Waals surface area contributed by atoms with E-state index in [-0.39, 0.29) is 0 Å². The maximum absolute atomic E-state index is 10.3. The van der Waals surface area contributed by atoms with Gasteiger partial charge in [0.2, 0.25) is 0 Å². The Morgan fingerprint density at radius 3 is 2.67 bits per heavy atom. The topological polar surface area (TPSA) is 36.4 Å². The van der Waals surface area contributed by atoms with Gasteiger partial charge < -0.3 is 5.11 Å². The molecule has 1 aliphatic carbocycles. The predicted molar refractivity (Wildman–Crippen MR) is 74.0 cm³/mol. The van der Waals surface area contributed by atoms with E-state index in [9.17, 15) is 5.11 Å². The second-order valence-corrected chi connectivity index (χ2v) is 6.00. The van der Waals surface area contributed by atoms with Crippen molar-refractivity contribution in [3.8, 4) is 0 Å². The summed E-state index contributed by atoms with van der Waals surface area (Å²) in [5.74, 6) is 0. The van der Waals surface area contributed by atoms with Gasteiger partial charge in [-0.3, -0.25) is 4.90 Å². The molecule has 1 fully saturated rings. The molecule has 1 saturated carbocycles. The lowest BCUT2D eigenvalue weighted by Gasteiger charge is -2.28. The van der Waals surface area contributed by atoms with Crippen LogP contribution in [0.15, 0.2) is 12.3 Å². The van der Waals surface area contributed by atoms with Crippen LogP contribution in [0.4, 0.5) is 0 Å². The van der Waals surface area contributed by atoms with Crippen molar-refractivity contribution in [3.05, 3.63) is 28.0 Å². The standard InChI is InChI=1S/C13H18Cl2N2O/c1-17(9-13(18)4-2-3-5-13)8-10-7-16-12(15)6-11(10)14/h6-7,18H,2-5,8-9H2,1H3. The second kappa shape index (κ2) is 5.74. The molecule has 3 nitrogen and oxygen atoms in total. The molecule has 1 aromatic heterocycles. The molecular weight excluding hydrogens is 271 g/mol. The number of nitrogens with zero attached hydrogens (tertiary/aromatic N) is 2. The Labute approximate surface area is 118 Å². The van der Waals surface area contributed by atoms with E-state index in [0.717, 1.165) is 31.2 Å². The molecule has 1 N–H and O–H groups in total. The van der Waals surface area contributed by atoms with E-state index >= 15 is 0 Å². The number of halogens is 2. The summed E-state index contributed by atoms with van der Waals surface area (Å²) in [6, 6.07) is 1.65. The van der Waals surface area contributed by atoms with E-state index in [1.807, 2.05) is 7.05 Å². The number of hydrogen-bond acceptors (Lipinski definition) is 3. The van der Waals surface area contributed by atoms with Gasteiger partial charge >= 0.3 is 0 Å². The summed E-state index contributed by atoms with van der Waals surface area (Å²) in [5, 5.41) is 11.4. The van der Waals surface area contributed by atoms with E-state index in [0.29, 0.717) is 23.3 Å². The zero-order valence-electron chi connectivity index (χ0n) is 10.5. The summed E-state index contributed by atoms with van der Waals surface area (Å²) in [6.07, 6.45) is 5.72. The fraction of sp³-hybridized carbons (Fsp3) is 0.615. The fourth-order valence-corrected chi connectivity index (χ4v) is 3.02. The van der Waals surface area contributed by atoms with E-state index in [4.69, 9.17) is 23.2 Å². The quantitative estimate of drug-likeness (QED) is 0.865. The molecule has 0 radical (unpaired) electrons. The van der Waals surface area contributed by atoms with Gasteiger partial charge in [-0.2, -0.15) is 0 Å². The molecule has 0 spiro atoms. The Bertz CT molecular complexity index is 419. The van der Waals surface area contributed by atoms with E-state index in [1.54, 1.807) is 12.3 Å². The average Bonchev–Trinajstić information content (AvgIpc) is 2.69. The molecule has 0 aliphatic heterocycles. The highest BCUT2D eigenvalue weighted by molar-refractivity contribution is 6.34. The Hall–Kier alpha value is -0.350. The number of likely N-dealkylation sites (N-methyl/N-ethyl adjacent to an activating group) is 1. The first kappa shape index (κ1) is 14.1. The van der Waals surface area contributed by atoms with Crippen LogP contribution in [0.2, 0.25) is 10.2 Å². The summed E-state index contributed by atoms with van der Waals surface area (Å²) in [6.45, 7) is 1.34. The van der Waals surface area contributed by atoms with Crippen LogP contribution in [0.1, 0.15) is 31.2 Å². The van der Waals surface area contributed by atoms with Crippen molar-refractivity contribution in [2.75, 3.05) is 13.6 Å². The maximum atomic E-state index is 10.3. The molecule has 2 rings (SSSR count). The van der Waals surface area contributed by atoms with Gasteiger partial charge in [0.15, 0.2) is 0 Å². The molecule has 0 unspecified atom stereocenters. The first-order valence-electron chi connectivity index (χ1n) is 6.19. The van der Waals surface area contributed by atoms with Gasteiger partial charge in [0.25, 0.3) is 0 Å². The summed E-state index contributed by atoms with van der Waals surface area (Å²) in [5.41, 5.74) is 0.409. The predicted octanol–water partition coefficient (Wildman–Crippen LogP) is 3.13. The van der Waals surface area contributed by atoms with Gasteiger partial charge in [-0.15, -0.1) is 0 Å². The Morgan fingerprint density at radius 2 is 2.06 bits per heavy atom. The van der Waals surface area contributed by atoms with E-state index in [1.165, 1.54) is 0 Å². The molecule has 1 heterocycles. The average molecular weight is 289 g/mol. The summed E-state index contributed by atoms with van der Waals surface area (Å²) in [4.78, 5) is 6.12. The Balaban J connectivity index is 1.96. The van der Waals surface area contributed by atoms with E-state index in [2.05, 4.69) is 9.88 Å². The smallest absolute Gasteiger partial charge is 0.130 e. The van der Waals surface area contributed by atoms with Gasteiger partial charge in [0.1, 0.15) is 5.15 Å². The van der Waals surface area contributed by atoms with Gasteiger partial charge in [0.05, 0.1) is 5.60 Å². The van der Waals surface area contributed by atoms with Crippen molar-refractivity contribution in [2.45, 2.75) is 37.8 Å². The van der Waals surface area contributed by atoms with Crippen molar-refractivity contribution in [1.29, 1.82) is 0 Å². The van der Waals surface area contributed by atoms with Gasteiger partial charge in [-0.25, -0.2) is 4.98 Å². The summed E-state index contributed by atoms with van der Waals surface area (Å²) >= 11 is 11.9. The molecule has 0 atom stereocenters. The number of aromatic nitrogens is 1. The van der Waals surface area contributed by atoms with Crippen molar-refractivity contribution in [1.82, 2.24) is 9.88 Å². The minimum atomic E-state index is -0.527. The molecule has 0 amide bonds. The number of hydrogen-bond donors (Lipinski definition) is 1. The lowest BCUT2D eigenvalue weighted by molar-refractivity contribution is 0.0145. The molecule has 1 aliphatic rings. The first-order chi connectivity index (χ1) is 8.48. The van der Waals surface area contributed by atoms with Crippen molar-refractivity contribution < 1.29 is 5.11 Å². The minimum absolute atomic E-state index is 0.404. The molecule has 0 saturated heterocycles. The molecule has 1 aromatic rings. The largest absolute Gasteiger partial charge is 0.389 e. The lowest BCUT2D eigenvalue weighted by atomic mass is 10.0. The third kappa shape index (κ3) is 3.58. The molecule has 0 bridgehead atoms. The second-order valence-electron chi connectivity index (χ2n) is 5.20. The highest BCUT2D eigenvalue weighted by atomic mass is 35.5. The molecule has 100 valence electrons. The van der Waals surface area contributed by atoms with Gasteiger partial charge in [0, 0.05) is 29.9 Å². The third-order valence-corrected chi connectivity index (χ3v) is 3.99. The lowest BCUT2D eigenvalue weighted by Crippen LogP contribution is -2.38. The van der Waals surface area contributed by atoms with Crippen molar-refractivity contribution in [2.24, 2.45) is 0 Å². The van der Waals surface area contributed by atoms with Crippen LogP contribution in [0.25, 0.3) is 0 Å². The van der Waals surface area contributed by atoms with Crippen LogP contribution in [0.3, 0.4) is 0 Å². The zero-order chi connectivity index (χ0) is 13.2. The number of rotatable bonds is 4. The fourth-order valence-electron chi connectivity index (χ4n) is 2.59. The van der Waals surface area contributed by atoms with Crippen molar-refractivity contribution in [3.63, 3.8) is 0 Å². The van der Waals surface area contributed by atoms with Gasteiger partial charge in [-0.1, -0.05) is 36.0 Å². The van der Waals surface area contributed by atoms with Crippen LogP contribution in [0.5, 0.6) is 0 Å². The summed E-state index contributed by atoms with van der Waals surface area (Å²) < 4.78 is 0. The molecule has 0 aromatic carbocycles. The molecular formula is C13H18Cl2N2O. The van der Waals surface area contributed by atoms with Crippen LogP contribution in [-0.2, 0) is 6.54 Å². The van der Waals surface area contributed by atoms with Crippen molar-refractivity contribution >= 4 is 23.2 Å². The maximum Gasteiger partial charge on any atom is 0.130 e. The molecule has 5 heteroatoms. The van der Waals surface area contributed by atoms with Crippen LogP contribution >= 0.6 is 23.2 Å². The Morgan fingerprint density at radius 1 is 1.39 bits per heavy atom. The molecule has 18 heavy (non-hydrogen) atoms. The first-order valence-corrected chi connectivity index (χ1v) is 6.95.